The molecule has 240 valence electrons. The molecule has 0 unspecified atom stereocenters. The minimum absolute atomic E-state index is 0.167. The maximum absolute atomic E-state index is 12.5. The van der Waals surface area contributed by atoms with Crippen molar-refractivity contribution in [2.24, 2.45) is 4.99 Å². The number of hydrogen-bond acceptors (Lipinski definition) is 5. The van der Waals surface area contributed by atoms with Crippen LogP contribution in [0.15, 0.2) is 114 Å². The van der Waals surface area contributed by atoms with Crippen LogP contribution in [-0.2, 0) is 14.3 Å². The van der Waals surface area contributed by atoms with E-state index in [1.807, 2.05) is 84.9 Å². The van der Waals surface area contributed by atoms with Crippen molar-refractivity contribution in [2.75, 3.05) is 0 Å². The Morgan fingerprint density at radius 2 is 1.04 bits per heavy atom. The molecule has 2 aliphatic carbocycles. The summed E-state index contributed by atoms with van der Waals surface area (Å²) in [6.45, 7) is 0. The first-order chi connectivity index (χ1) is 22.9. The molecule has 4 aromatic rings. The van der Waals surface area contributed by atoms with Gasteiger partial charge < -0.3 is 15.2 Å². The molecule has 0 atom stereocenters. The molecule has 0 radical (unpaired) electrons. The number of benzene rings is 4. The molecule has 2 N–H and O–H groups in total. The van der Waals surface area contributed by atoms with E-state index >= 15 is 0 Å². The molecule has 4 aromatic carbocycles. The summed E-state index contributed by atoms with van der Waals surface area (Å²) in [6, 6.07) is 35.5. The standard InChI is InChI=1S/C20H21NO3.C20H19NO2/c22-18(21-20(19(23)24)13-5-2-6-14-20)17-11-9-16(10-12-17)15-7-3-1-4-8-15;22-19-20(13-5-2-6-14-20)21-18(23-19)17-11-9-16(10-12-17)15-7-3-1-4-8-15/h1,3-4,7-12H,2,5-6,13-14H2,(H,21,22)(H,23,24);1,3-4,7-12H,2,5-6,13-14H2. The number of rotatable bonds is 6. The molecule has 7 nitrogen and oxygen atoms in total. The minimum atomic E-state index is -1.12. The van der Waals surface area contributed by atoms with Crippen LogP contribution in [0, 0.1) is 0 Å². The van der Waals surface area contributed by atoms with Gasteiger partial charge in [0.2, 0.25) is 5.90 Å². The number of nitrogens with one attached hydrogen (secondary N) is 1. The Labute approximate surface area is 275 Å². The van der Waals surface area contributed by atoms with E-state index in [9.17, 15) is 19.5 Å². The lowest BCUT2D eigenvalue weighted by atomic mass is 9.81. The first kappa shape index (κ1) is 31.9. The Morgan fingerprint density at radius 1 is 0.596 bits per heavy atom. The largest absolute Gasteiger partial charge is 0.480 e. The van der Waals surface area contributed by atoms with Gasteiger partial charge in [-0.05, 0) is 72.2 Å². The number of esters is 1. The second kappa shape index (κ2) is 14.2. The van der Waals surface area contributed by atoms with Crippen molar-refractivity contribution in [3.63, 3.8) is 0 Å². The highest BCUT2D eigenvalue weighted by Gasteiger charge is 2.46. The number of carbonyl (C=O) groups is 3. The Balaban J connectivity index is 0.000000164. The van der Waals surface area contributed by atoms with Crippen LogP contribution in [0.4, 0.5) is 0 Å². The first-order valence-electron chi connectivity index (χ1n) is 16.6. The molecule has 1 heterocycles. The van der Waals surface area contributed by atoms with E-state index in [0.29, 0.717) is 24.3 Å². The number of carboxylic acid groups (broad SMARTS) is 1. The number of aliphatic carboxylic acids is 1. The molecule has 2 fully saturated rings. The van der Waals surface area contributed by atoms with Gasteiger partial charge in [0.25, 0.3) is 5.91 Å². The van der Waals surface area contributed by atoms with E-state index in [1.54, 1.807) is 12.1 Å². The molecule has 0 aromatic heterocycles. The Bertz CT molecular complexity index is 1720. The molecule has 0 bridgehead atoms. The molecule has 3 aliphatic rings. The molecule has 7 heteroatoms. The zero-order valence-corrected chi connectivity index (χ0v) is 26.5. The first-order valence-corrected chi connectivity index (χ1v) is 16.6. The van der Waals surface area contributed by atoms with Crippen LogP contribution in [0.5, 0.6) is 0 Å². The molecule has 0 saturated heterocycles. The Morgan fingerprint density at radius 3 is 1.55 bits per heavy atom. The van der Waals surface area contributed by atoms with Gasteiger partial charge in [0.15, 0.2) is 5.54 Å². The number of ether oxygens (including phenoxy) is 1. The highest BCUT2D eigenvalue weighted by Crippen LogP contribution is 2.37. The fourth-order valence-electron chi connectivity index (χ4n) is 6.74. The third-order valence-electron chi connectivity index (χ3n) is 9.53. The molecule has 1 spiro atoms. The number of hydrogen-bond donors (Lipinski definition) is 2. The van der Waals surface area contributed by atoms with Gasteiger partial charge in [-0.1, -0.05) is 123 Å². The normalized spacial score (nSPS) is 17.9. The molecule has 7 rings (SSSR count). The molecule has 1 amide bonds. The van der Waals surface area contributed by atoms with Crippen LogP contribution in [-0.4, -0.2) is 39.9 Å². The summed E-state index contributed by atoms with van der Waals surface area (Å²) in [6.07, 6.45) is 8.61. The van der Waals surface area contributed by atoms with Crippen LogP contribution < -0.4 is 5.32 Å². The molecule has 47 heavy (non-hydrogen) atoms. The highest BCUT2D eigenvalue weighted by atomic mass is 16.6. The maximum Gasteiger partial charge on any atom is 0.340 e. The topological polar surface area (TPSA) is 105 Å². The van der Waals surface area contributed by atoms with Gasteiger partial charge in [-0.2, -0.15) is 0 Å². The Kier molecular flexibility index (Phi) is 9.62. The van der Waals surface area contributed by atoms with E-state index in [4.69, 9.17) is 4.74 Å². The van der Waals surface area contributed by atoms with Crippen LogP contribution in [0.25, 0.3) is 22.3 Å². The van der Waals surface area contributed by atoms with Crippen LogP contribution in [0.3, 0.4) is 0 Å². The van der Waals surface area contributed by atoms with Crippen molar-refractivity contribution in [1.29, 1.82) is 0 Å². The third-order valence-corrected chi connectivity index (χ3v) is 9.53. The number of nitrogens with zero attached hydrogens (tertiary/aromatic N) is 1. The van der Waals surface area contributed by atoms with Gasteiger partial charge in [-0.3, -0.25) is 4.79 Å². The summed E-state index contributed by atoms with van der Waals surface area (Å²) >= 11 is 0. The summed E-state index contributed by atoms with van der Waals surface area (Å²) in [7, 11) is 0. The monoisotopic (exact) mass is 628 g/mol. The van der Waals surface area contributed by atoms with Gasteiger partial charge in [-0.25, -0.2) is 14.6 Å². The number of carboxylic acids is 1. The number of aliphatic imine (C=N–C) groups is 1. The van der Waals surface area contributed by atoms with E-state index in [1.165, 1.54) is 12.0 Å². The van der Waals surface area contributed by atoms with Crippen molar-refractivity contribution in [3.8, 4) is 22.3 Å². The van der Waals surface area contributed by atoms with Crippen LogP contribution in [0.1, 0.15) is 80.1 Å². The fourth-order valence-corrected chi connectivity index (χ4v) is 6.74. The number of cyclic esters (lactones) is 1. The second-order valence-corrected chi connectivity index (χ2v) is 12.7. The predicted octanol–water partition coefficient (Wildman–Crippen LogP) is 8.23. The van der Waals surface area contributed by atoms with Crippen molar-refractivity contribution >= 4 is 23.7 Å². The zero-order chi connectivity index (χ0) is 32.7. The highest BCUT2D eigenvalue weighted by molar-refractivity contribution is 6.08. The van der Waals surface area contributed by atoms with E-state index in [0.717, 1.165) is 67.2 Å². The minimum Gasteiger partial charge on any atom is -0.480 e. The van der Waals surface area contributed by atoms with Crippen molar-refractivity contribution in [2.45, 2.75) is 75.3 Å². The van der Waals surface area contributed by atoms with E-state index < -0.39 is 17.0 Å². The number of amides is 1. The van der Waals surface area contributed by atoms with Gasteiger partial charge in [-0.15, -0.1) is 0 Å². The SMILES string of the molecule is O=C(NC1(C(=O)O)CCCCC1)c1ccc(-c2ccccc2)cc1.O=C1OC(c2ccc(-c3ccccc3)cc2)=NC12CCCCC2. The van der Waals surface area contributed by atoms with Gasteiger partial charge in [0.1, 0.15) is 5.54 Å². The quantitative estimate of drug-likeness (QED) is 0.209. The summed E-state index contributed by atoms with van der Waals surface area (Å²) in [5.74, 6) is -0.939. The zero-order valence-electron chi connectivity index (χ0n) is 26.5. The van der Waals surface area contributed by atoms with Gasteiger partial charge >= 0.3 is 11.9 Å². The predicted molar refractivity (Wildman–Crippen MR) is 183 cm³/mol. The summed E-state index contributed by atoms with van der Waals surface area (Å²) < 4.78 is 5.50. The van der Waals surface area contributed by atoms with Gasteiger partial charge in [0, 0.05) is 11.1 Å². The smallest absolute Gasteiger partial charge is 0.340 e. The average molecular weight is 629 g/mol. The van der Waals surface area contributed by atoms with E-state index in [-0.39, 0.29) is 11.9 Å². The van der Waals surface area contributed by atoms with Crippen LogP contribution >= 0.6 is 0 Å². The Hall–Kier alpha value is -5.04. The lowest BCUT2D eigenvalue weighted by Gasteiger charge is -2.34. The lowest BCUT2D eigenvalue weighted by molar-refractivity contribution is -0.146. The van der Waals surface area contributed by atoms with Crippen molar-refractivity contribution in [1.82, 2.24) is 5.32 Å². The molecular formula is C40H40N2O5. The molecule has 2 saturated carbocycles. The van der Waals surface area contributed by atoms with Crippen molar-refractivity contribution in [3.05, 3.63) is 120 Å². The van der Waals surface area contributed by atoms with E-state index in [2.05, 4.69) is 22.4 Å². The maximum atomic E-state index is 12.5. The summed E-state index contributed by atoms with van der Waals surface area (Å²) in [5, 5.41) is 12.3. The fraction of sp³-hybridized carbons (Fsp3) is 0.300. The van der Waals surface area contributed by atoms with Gasteiger partial charge in [0.05, 0.1) is 0 Å². The third kappa shape index (κ3) is 7.19. The average Bonchev–Trinajstić information content (AvgIpc) is 3.44. The second-order valence-electron chi connectivity index (χ2n) is 12.7. The summed E-state index contributed by atoms with van der Waals surface area (Å²) in [5.41, 5.74) is 4.07. The number of carbonyl (C=O) groups excluding carboxylic acids is 2. The summed E-state index contributed by atoms with van der Waals surface area (Å²) in [4.78, 5) is 41.1. The lowest BCUT2D eigenvalue weighted by Crippen LogP contribution is -2.55. The van der Waals surface area contributed by atoms with Crippen molar-refractivity contribution < 1.29 is 24.2 Å². The van der Waals surface area contributed by atoms with Crippen LogP contribution in [0.2, 0.25) is 0 Å². The molecule has 1 aliphatic heterocycles. The molecular weight excluding hydrogens is 588 g/mol.